The molecule has 1 aromatic carbocycles. The van der Waals surface area contributed by atoms with Crippen molar-refractivity contribution in [3.8, 4) is 5.75 Å². The molecule has 2 bridgehead atoms. The van der Waals surface area contributed by atoms with Crippen LogP contribution in [0, 0.1) is 5.92 Å². The van der Waals surface area contributed by atoms with Gasteiger partial charge in [-0.25, -0.2) is 0 Å². The summed E-state index contributed by atoms with van der Waals surface area (Å²) in [5.41, 5.74) is 1.26. The van der Waals surface area contributed by atoms with Gasteiger partial charge in [0.25, 0.3) is 6.47 Å². The molecule has 0 spiro atoms. The van der Waals surface area contributed by atoms with Crippen LogP contribution >= 0.6 is 0 Å². The second kappa shape index (κ2) is 10.9. The number of aliphatic hydroxyl groups is 1. The summed E-state index contributed by atoms with van der Waals surface area (Å²) in [7, 11) is 1.68. The number of carbonyl (C=O) groups is 3. The van der Waals surface area contributed by atoms with Gasteiger partial charge in [-0.2, -0.15) is 0 Å². The number of hydrogen-bond acceptors (Lipinski definition) is 6. The van der Waals surface area contributed by atoms with Gasteiger partial charge in [-0.15, -0.1) is 0 Å². The fourth-order valence-electron chi connectivity index (χ4n) is 6.89. The Morgan fingerprint density at radius 1 is 1.19 bits per heavy atom. The Morgan fingerprint density at radius 3 is 2.47 bits per heavy atom. The lowest BCUT2D eigenvalue weighted by Crippen LogP contribution is -2.73. The normalized spacial score (nSPS) is 30.6. The van der Waals surface area contributed by atoms with E-state index < -0.39 is 11.0 Å². The fraction of sp³-hybridized carbons (Fsp3) is 0.679. The van der Waals surface area contributed by atoms with Gasteiger partial charge in [0.1, 0.15) is 11.5 Å². The van der Waals surface area contributed by atoms with Gasteiger partial charge < -0.3 is 19.8 Å². The van der Waals surface area contributed by atoms with Crippen LogP contribution in [0.5, 0.6) is 5.75 Å². The molecule has 0 radical (unpaired) electrons. The Hall–Kier alpha value is -2.45. The van der Waals surface area contributed by atoms with Crippen molar-refractivity contribution in [2.45, 2.75) is 81.8 Å². The van der Waals surface area contributed by atoms with E-state index in [-0.39, 0.29) is 18.4 Å². The van der Waals surface area contributed by atoms with Gasteiger partial charge in [0, 0.05) is 50.9 Å². The van der Waals surface area contributed by atoms with Gasteiger partial charge in [0.05, 0.1) is 12.7 Å². The molecule has 3 aliphatic carbocycles. The summed E-state index contributed by atoms with van der Waals surface area (Å²) in [5.74, 6) is 2.17. The summed E-state index contributed by atoms with van der Waals surface area (Å²) in [6.45, 7) is 5.45. The predicted octanol–water partition coefficient (Wildman–Crippen LogP) is 2.79. The molecule has 2 heterocycles. The van der Waals surface area contributed by atoms with Gasteiger partial charge in [-0.1, -0.05) is 6.07 Å². The zero-order valence-electron chi connectivity index (χ0n) is 21.6. The molecule has 198 valence electrons. The van der Waals surface area contributed by atoms with E-state index in [4.69, 9.17) is 14.6 Å². The van der Waals surface area contributed by atoms with Crippen LogP contribution in [-0.2, 0) is 26.2 Å². The highest BCUT2D eigenvalue weighted by molar-refractivity contribution is 5.82. The standard InChI is InChI=1S/C21H27NO3.C6H11NO.CH2O2/c1-25-17-5-4-15-10-19-21(24)7-6-16(23)12-20(21,18(15)11-17)8-9-22(19)13-14-2-3-14;1-6(8)7-4-2-3-5-7;2-1-3/h4-5,11,14,19,24H,2-3,6-10,12-13H2,1H3;2-5H2,1H3;1H,(H,2,3). The maximum Gasteiger partial charge on any atom is 0.290 e. The van der Waals surface area contributed by atoms with Crippen LogP contribution in [0.25, 0.3) is 0 Å². The smallest absolute Gasteiger partial charge is 0.290 e. The molecular weight excluding hydrogens is 460 g/mol. The van der Waals surface area contributed by atoms with Crippen molar-refractivity contribution in [1.29, 1.82) is 0 Å². The minimum absolute atomic E-state index is 0.149. The van der Waals surface area contributed by atoms with E-state index in [1.54, 1.807) is 14.0 Å². The first kappa shape index (κ1) is 26.6. The van der Waals surface area contributed by atoms with E-state index in [1.165, 1.54) is 36.8 Å². The van der Waals surface area contributed by atoms with Gasteiger partial charge in [0.15, 0.2) is 0 Å². The van der Waals surface area contributed by atoms with Gasteiger partial charge in [-0.05, 0) is 80.7 Å². The number of rotatable bonds is 3. The van der Waals surface area contributed by atoms with E-state index >= 15 is 0 Å². The van der Waals surface area contributed by atoms with Crippen molar-refractivity contribution >= 4 is 18.2 Å². The molecule has 2 saturated carbocycles. The number of methoxy groups -OCH3 is 1. The number of carbonyl (C=O) groups excluding carboxylic acids is 2. The minimum Gasteiger partial charge on any atom is -0.497 e. The molecule has 8 nitrogen and oxygen atoms in total. The lowest BCUT2D eigenvalue weighted by molar-refractivity contribution is -0.173. The number of piperidine rings is 1. The first-order valence-corrected chi connectivity index (χ1v) is 13.3. The number of ketones is 1. The van der Waals surface area contributed by atoms with Crippen LogP contribution in [0.2, 0.25) is 0 Å². The number of nitrogens with zero attached hydrogens (tertiary/aromatic N) is 2. The predicted molar refractivity (Wildman–Crippen MR) is 135 cm³/mol. The van der Waals surface area contributed by atoms with E-state index in [2.05, 4.69) is 17.0 Å². The molecule has 0 aromatic heterocycles. The summed E-state index contributed by atoms with van der Waals surface area (Å²) >= 11 is 0. The van der Waals surface area contributed by atoms with Crippen molar-refractivity contribution < 1.29 is 29.3 Å². The molecule has 1 aromatic rings. The summed E-state index contributed by atoms with van der Waals surface area (Å²) < 4.78 is 5.46. The van der Waals surface area contributed by atoms with Crippen LogP contribution < -0.4 is 4.74 Å². The molecule has 2 N–H and O–H groups in total. The van der Waals surface area contributed by atoms with Crippen molar-refractivity contribution in [3.05, 3.63) is 29.3 Å². The third kappa shape index (κ3) is 5.02. The fourth-order valence-corrected chi connectivity index (χ4v) is 6.89. The average Bonchev–Trinajstić information content (AvgIpc) is 3.49. The third-order valence-corrected chi connectivity index (χ3v) is 8.92. The maximum atomic E-state index is 12.4. The second-order valence-electron chi connectivity index (χ2n) is 11.0. The molecule has 3 unspecified atom stereocenters. The number of Topliss-reactive ketones (excluding diaryl/α,β-unsaturated/α-hetero) is 1. The molecule has 2 saturated heterocycles. The molecule has 1 amide bonds. The van der Waals surface area contributed by atoms with Gasteiger partial charge in [0.2, 0.25) is 5.91 Å². The van der Waals surface area contributed by atoms with Crippen LogP contribution in [0.1, 0.15) is 69.4 Å². The molecule has 2 aliphatic heterocycles. The molecule has 5 aliphatic rings. The highest BCUT2D eigenvalue weighted by atomic mass is 16.5. The number of fused-ring (bicyclic) bond motifs is 1. The van der Waals surface area contributed by atoms with Crippen molar-refractivity contribution in [2.24, 2.45) is 5.92 Å². The second-order valence-corrected chi connectivity index (χ2v) is 11.0. The maximum absolute atomic E-state index is 12.4. The van der Waals surface area contributed by atoms with E-state index in [1.807, 2.05) is 11.0 Å². The first-order valence-electron chi connectivity index (χ1n) is 13.3. The summed E-state index contributed by atoms with van der Waals surface area (Å²) in [6, 6.07) is 6.41. The minimum atomic E-state index is -0.784. The Morgan fingerprint density at radius 2 is 1.89 bits per heavy atom. The van der Waals surface area contributed by atoms with Crippen LogP contribution in [0.15, 0.2) is 18.2 Å². The number of ether oxygens (including phenoxy) is 1. The number of likely N-dealkylation sites (tertiary alicyclic amines) is 2. The van der Waals surface area contributed by atoms with Crippen molar-refractivity contribution in [2.75, 3.05) is 33.3 Å². The van der Waals surface area contributed by atoms with Crippen LogP contribution in [-0.4, -0.2) is 83.1 Å². The quantitative estimate of drug-likeness (QED) is 0.615. The Bertz CT molecular complexity index is 973. The highest BCUT2D eigenvalue weighted by Crippen LogP contribution is 2.58. The summed E-state index contributed by atoms with van der Waals surface area (Å²) in [4.78, 5) is 35.8. The molecule has 6 rings (SSSR count). The molecule has 36 heavy (non-hydrogen) atoms. The third-order valence-electron chi connectivity index (χ3n) is 8.92. The largest absolute Gasteiger partial charge is 0.497 e. The highest BCUT2D eigenvalue weighted by Gasteiger charge is 2.64. The van der Waals surface area contributed by atoms with E-state index in [0.717, 1.165) is 50.7 Å². The Kier molecular flexibility index (Phi) is 8.05. The van der Waals surface area contributed by atoms with Crippen LogP contribution in [0.4, 0.5) is 0 Å². The lowest BCUT2D eigenvalue weighted by atomic mass is 9.49. The number of carboxylic acid groups (broad SMARTS) is 1. The monoisotopic (exact) mass is 500 g/mol. The SMILES string of the molecule is CC(=O)N1CCCC1.COc1ccc2c(c1)C13CCN(CC4CC4)C(C2)C1(O)CCC(=O)C3.O=CO. The van der Waals surface area contributed by atoms with E-state index in [0.29, 0.717) is 25.0 Å². The van der Waals surface area contributed by atoms with Crippen molar-refractivity contribution in [3.63, 3.8) is 0 Å². The summed E-state index contributed by atoms with van der Waals surface area (Å²) in [5, 5.41) is 18.8. The molecule has 4 fully saturated rings. The average molecular weight is 501 g/mol. The zero-order valence-corrected chi connectivity index (χ0v) is 21.6. The zero-order chi connectivity index (χ0) is 25.9. The summed E-state index contributed by atoms with van der Waals surface area (Å²) in [6.07, 6.45) is 8.42. The Balaban J connectivity index is 0.000000233. The Labute approximate surface area is 213 Å². The number of hydrogen-bond donors (Lipinski definition) is 2. The molecule has 3 atom stereocenters. The number of benzene rings is 1. The van der Waals surface area contributed by atoms with Gasteiger partial charge >= 0.3 is 0 Å². The topological polar surface area (TPSA) is 107 Å². The first-order chi connectivity index (χ1) is 17.3. The molecule has 8 heteroatoms. The lowest BCUT2D eigenvalue weighted by Gasteiger charge is -2.63. The van der Waals surface area contributed by atoms with E-state index in [9.17, 15) is 14.7 Å². The molecular formula is C28H40N2O6. The number of amides is 1. The van der Waals surface area contributed by atoms with Crippen LogP contribution in [0.3, 0.4) is 0 Å². The van der Waals surface area contributed by atoms with Crippen molar-refractivity contribution in [1.82, 2.24) is 9.80 Å². The van der Waals surface area contributed by atoms with Gasteiger partial charge in [-0.3, -0.25) is 19.3 Å².